The number of aromatic nitrogens is 2. The lowest BCUT2D eigenvalue weighted by atomic mass is 9.84. The maximum Gasteiger partial charge on any atom is 0.231 e. The molecule has 3 rings (SSSR count). The number of nitrogens with zero attached hydrogens (tertiary/aromatic N) is 3. The van der Waals surface area contributed by atoms with Crippen molar-refractivity contribution in [1.29, 1.82) is 0 Å². The number of piperidine rings is 1. The van der Waals surface area contributed by atoms with Crippen molar-refractivity contribution in [2.75, 3.05) is 12.4 Å². The molecule has 1 aliphatic heterocycles. The number of amides is 2. The third kappa shape index (κ3) is 3.55. The molecule has 7 heteroatoms. The molecule has 1 aromatic heterocycles. The van der Waals surface area contributed by atoms with Crippen LogP contribution in [-0.2, 0) is 16.1 Å². The summed E-state index contributed by atoms with van der Waals surface area (Å²) in [6.45, 7) is 2.68. The van der Waals surface area contributed by atoms with Gasteiger partial charge in [-0.05, 0) is 31.0 Å². The van der Waals surface area contributed by atoms with E-state index in [4.69, 9.17) is 0 Å². The Morgan fingerprint density at radius 2 is 2.04 bits per heavy atom. The summed E-state index contributed by atoms with van der Waals surface area (Å²) in [5, 5.41) is 7.09. The van der Waals surface area contributed by atoms with Crippen LogP contribution in [0.1, 0.15) is 31.4 Å². The third-order valence-electron chi connectivity index (χ3n) is 4.63. The van der Waals surface area contributed by atoms with Crippen LogP contribution in [0.15, 0.2) is 36.5 Å². The van der Waals surface area contributed by atoms with Gasteiger partial charge in [0.05, 0.1) is 12.0 Å². The normalized spacial score (nSPS) is 20.6. The zero-order valence-electron chi connectivity index (χ0n) is 14.3. The average molecular weight is 344 g/mol. The number of aryl methyl sites for hydroxylation is 1. The number of hydrogen-bond donors (Lipinski definition) is 1. The first-order valence-corrected chi connectivity index (χ1v) is 8.35. The van der Waals surface area contributed by atoms with Gasteiger partial charge in [0.15, 0.2) is 5.82 Å². The van der Waals surface area contributed by atoms with Gasteiger partial charge in [-0.15, -0.1) is 0 Å². The molecule has 0 aliphatic carbocycles. The quantitative estimate of drug-likeness (QED) is 0.927. The number of benzene rings is 1. The SMILES string of the molecule is CCn1ccc(NC(=O)[C@H]2CCC(=O)N(C)[C@H]2c2ccc(F)cc2)n1. The van der Waals surface area contributed by atoms with Crippen LogP contribution in [0, 0.1) is 11.7 Å². The Hall–Kier alpha value is -2.70. The fourth-order valence-electron chi connectivity index (χ4n) is 3.25. The van der Waals surface area contributed by atoms with Gasteiger partial charge in [0.25, 0.3) is 0 Å². The monoisotopic (exact) mass is 344 g/mol. The average Bonchev–Trinajstić information content (AvgIpc) is 3.05. The lowest BCUT2D eigenvalue weighted by Gasteiger charge is -2.38. The number of anilines is 1. The molecule has 1 aromatic carbocycles. The van der Waals surface area contributed by atoms with E-state index in [1.54, 1.807) is 41.0 Å². The Labute approximate surface area is 145 Å². The molecule has 6 nitrogen and oxygen atoms in total. The number of likely N-dealkylation sites (tertiary alicyclic amines) is 1. The summed E-state index contributed by atoms with van der Waals surface area (Å²) in [5.41, 5.74) is 0.746. The molecule has 2 atom stereocenters. The Morgan fingerprint density at radius 1 is 1.32 bits per heavy atom. The molecule has 2 heterocycles. The van der Waals surface area contributed by atoms with Crippen molar-refractivity contribution in [3.05, 3.63) is 47.9 Å². The third-order valence-corrected chi connectivity index (χ3v) is 4.63. The van der Waals surface area contributed by atoms with Gasteiger partial charge in [-0.1, -0.05) is 12.1 Å². The van der Waals surface area contributed by atoms with Crippen molar-refractivity contribution in [2.45, 2.75) is 32.4 Å². The molecule has 1 fully saturated rings. The molecular formula is C18H21FN4O2. The van der Waals surface area contributed by atoms with Gasteiger partial charge < -0.3 is 10.2 Å². The summed E-state index contributed by atoms with van der Waals surface area (Å²) in [7, 11) is 1.68. The van der Waals surface area contributed by atoms with Gasteiger partial charge in [-0.25, -0.2) is 4.39 Å². The lowest BCUT2D eigenvalue weighted by Crippen LogP contribution is -2.44. The molecule has 25 heavy (non-hydrogen) atoms. The molecular weight excluding hydrogens is 323 g/mol. The molecule has 2 amide bonds. The number of hydrogen-bond acceptors (Lipinski definition) is 3. The highest BCUT2D eigenvalue weighted by molar-refractivity contribution is 5.94. The minimum absolute atomic E-state index is 0.0198. The van der Waals surface area contributed by atoms with Crippen LogP contribution in [0.5, 0.6) is 0 Å². The minimum atomic E-state index is -0.421. The van der Waals surface area contributed by atoms with E-state index in [-0.39, 0.29) is 17.6 Å². The molecule has 2 aromatic rings. The topological polar surface area (TPSA) is 67.2 Å². The minimum Gasteiger partial charge on any atom is -0.338 e. The largest absolute Gasteiger partial charge is 0.338 e. The van der Waals surface area contributed by atoms with E-state index < -0.39 is 12.0 Å². The summed E-state index contributed by atoms with van der Waals surface area (Å²) in [5.74, 6) is -0.479. The molecule has 1 saturated heterocycles. The first-order chi connectivity index (χ1) is 12.0. The number of carbonyl (C=O) groups excluding carboxylic acids is 2. The van der Waals surface area contributed by atoms with Crippen molar-refractivity contribution < 1.29 is 14.0 Å². The molecule has 0 saturated carbocycles. The lowest BCUT2D eigenvalue weighted by molar-refractivity contribution is -0.140. The van der Waals surface area contributed by atoms with E-state index >= 15 is 0 Å². The van der Waals surface area contributed by atoms with E-state index in [2.05, 4.69) is 10.4 Å². The fraction of sp³-hybridized carbons (Fsp3) is 0.389. The van der Waals surface area contributed by atoms with Crippen molar-refractivity contribution in [3.63, 3.8) is 0 Å². The van der Waals surface area contributed by atoms with Gasteiger partial charge in [0, 0.05) is 32.3 Å². The van der Waals surface area contributed by atoms with Gasteiger partial charge >= 0.3 is 0 Å². The predicted octanol–water partition coefficient (Wildman–Crippen LogP) is 2.59. The van der Waals surface area contributed by atoms with Gasteiger partial charge in [0.2, 0.25) is 11.8 Å². The fourth-order valence-corrected chi connectivity index (χ4v) is 3.25. The van der Waals surface area contributed by atoms with E-state index in [0.717, 1.165) is 12.1 Å². The van der Waals surface area contributed by atoms with Crippen LogP contribution in [-0.4, -0.2) is 33.5 Å². The number of rotatable bonds is 4. The van der Waals surface area contributed by atoms with E-state index in [0.29, 0.717) is 18.7 Å². The Balaban J connectivity index is 1.84. The van der Waals surface area contributed by atoms with Crippen LogP contribution in [0.2, 0.25) is 0 Å². The Kier molecular flexibility index (Phi) is 4.83. The summed E-state index contributed by atoms with van der Waals surface area (Å²) in [4.78, 5) is 26.5. The molecule has 1 aliphatic rings. The Bertz CT molecular complexity index is 772. The van der Waals surface area contributed by atoms with Crippen molar-refractivity contribution in [1.82, 2.24) is 14.7 Å². The first kappa shape index (κ1) is 17.1. The van der Waals surface area contributed by atoms with Gasteiger partial charge in [-0.2, -0.15) is 5.10 Å². The number of halogens is 1. The zero-order valence-corrected chi connectivity index (χ0v) is 14.3. The molecule has 132 valence electrons. The second-order valence-electron chi connectivity index (χ2n) is 6.19. The van der Waals surface area contributed by atoms with E-state index in [1.165, 1.54) is 12.1 Å². The predicted molar refractivity (Wildman–Crippen MR) is 91.2 cm³/mol. The van der Waals surface area contributed by atoms with Crippen LogP contribution in [0.4, 0.5) is 10.2 Å². The molecule has 1 N–H and O–H groups in total. The van der Waals surface area contributed by atoms with Gasteiger partial charge in [-0.3, -0.25) is 14.3 Å². The first-order valence-electron chi connectivity index (χ1n) is 8.35. The molecule has 0 spiro atoms. The highest BCUT2D eigenvalue weighted by Gasteiger charge is 2.39. The molecule has 0 radical (unpaired) electrons. The summed E-state index contributed by atoms with van der Waals surface area (Å²) >= 11 is 0. The smallest absolute Gasteiger partial charge is 0.231 e. The van der Waals surface area contributed by atoms with E-state index in [1.807, 2.05) is 6.92 Å². The summed E-state index contributed by atoms with van der Waals surface area (Å²) in [6.07, 6.45) is 2.56. The highest BCUT2D eigenvalue weighted by Crippen LogP contribution is 2.36. The van der Waals surface area contributed by atoms with Crippen LogP contribution in [0.3, 0.4) is 0 Å². The van der Waals surface area contributed by atoms with E-state index in [9.17, 15) is 14.0 Å². The second-order valence-corrected chi connectivity index (χ2v) is 6.19. The maximum absolute atomic E-state index is 13.2. The second kappa shape index (κ2) is 7.04. The van der Waals surface area contributed by atoms with Crippen LogP contribution in [0.25, 0.3) is 0 Å². The van der Waals surface area contributed by atoms with Crippen LogP contribution >= 0.6 is 0 Å². The van der Waals surface area contributed by atoms with Crippen molar-refractivity contribution in [2.24, 2.45) is 5.92 Å². The number of carbonyl (C=O) groups is 2. The number of nitrogens with one attached hydrogen (secondary N) is 1. The van der Waals surface area contributed by atoms with Crippen molar-refractivity contribution >= 4 is 17.6 Å². The van der Waals surface area contributed by atoms with Crippen molar-refractivity contribution in [3.8, 4) is 0 Å². The standard InChI is InChI=1S/C18H21FN4O2/c1-3-23-11-10-15(21-23)20-18(25)14-8-9-16(24)22(2)17(14)12-4-6-13(19)7-5-12/h4-7,10-11,14,17H,3,8-9H2,1-2H3,(H,20,21,25)/t14-,17-/m0/s1. The summed E-state index contributed by atoms with van der Waals surface area (Å²) in [6, 6.07) is 7.27. The summed E-state index contributed by atoms with van der Waals surface area (Å²) < 4.78 is 15.0. The Morgan fingerprint density at radius 3 is 2.68 bits per heavy atom. The maximum atomic E-state index is 13.2. The van der Waals surface area contributed by atoms with Gasteiger partial charge in [0.1, 0.15) is 5.82 Å². The highest BCUT2D eigenvalue weighted by atomic mass is 19.1. The molecule has 0 unspecified atom stereocenters. The zero-order chi connectivity index (χ0) is 18.0. The van der Waals surface area contributed by atoms with Crippen LogP contribution < -0.4 is 5.32 Å². The molecule has 0 bridgehead atoms.